The van der Waals surface area contributed by atoms with Gasteiger partial charge >= 0.3 is 0 Å². The number of amides is 6. The third-order valence-electron chi connectivity index (χ3n) is 19.9. The Balaban J connectivity index is 2.19. The molecule has 3 unspecified atom stereocenters. The summed E-state index contributed by atoms with van der Waals surface area (Å²) in [5.41, 5.74) is -1.20. The molecule has 0 aromatic heterocycles. The van der Waals surface area contributed by atoms with Gasteiger partial charge in [-0.25, -0.2) is 25.3 Å². The van der Waals surface area contributed by atoms with E-state index < -0.39 is 190 Å². The molecule has 0 bridgehead atoms. The second-order valence-electron chi connectivity index (χ2n) is 30.0. The van der Waals surface area contributed by atoms with E-state index in [4.69, 9.17) is 8.57 Å². The Morgan fingerprint density at radius 2 is 0.658 bits per heavy atom. The minimum absolute atomic E-state index is 0.00394. The van der Waals surface area contributed by atoms with E-state index >= 15 is 33.7 Å². The Labute approximate surface area is 693 Å². The summed E-state index contributed by atoms with van der Waals surface area (Å²) in [6, 6.07) is -1.65. The van der Waals surface area contributed by atoms with Crippen molar-refractivity contribution in [2.75, 3.05) is 69.6 Å². The van der Waals surface area contributed by atoms with Gasteiger partial charge in [-0.15, -0.1) is 0 Å². The number of carbonyl (C=O) groups excluding carboxylic acids is 6. The molecule has 117 heavy (non-hydrogen) atoms. The van der Waals surface area contributed by atoms with Gasteiger partial charge in [0.05, 0.1) is 14.7 Å². The molecule has 39 heteroatoms. The highest BCUT2D eigenvalue weighted by molar-refractivity contribution is 7.91. The minimum Gasteiger partial charge on any atom is -0.507 e. The van der Waals surface area contributed by atoms with Gasteiger partial charge in [0.1, 0.15) is 41.1 Å². The van der Waals surface area contributed by atoms with Crippen LogP contribution in [0.2, 0.25) is 0 Å². The summed E-state index contributed by atoms with van der Waals surface area (Å²) < 4.78 is 208. The fraction of sp³-hybridized carbons (Fsp3) is 0.641. The second-order valence-corrected chi connectivity index (χ2v) is 39.8. The topological polar surface area (TPSA) is 481 Å². The number of sulfonamides is 3. The van der Waals surface area contributed by atoms with E-state index in [0.717, 1.165) is 56.0 Å². The molecule has 0 heterocycles. The molecule has 4 aromatic carbocycles. The fourth-order valence-corrected chi connectivity index (χ4v) is 21.6. The van der Waals surface area contributed by atoms with Crippen molar-refractivity contribution in [2.24, 2.45) is 0 Å². The van der Waals surface area contributed by atoms with Crippen LogP contribution in [0, 0.1) is 0 Å². The van der Waals surface area contributed by atoms with Crippen molar-refractivity contribution in [1.82, 2.24) is 56.2 Å². The lowest BCUT2D eigenvalue weighted by Crippen LogP contribution is -2.54. The largest absolute Gasteiger partial charge is 0.507 e. The third kappa shape index (κ3) is 31.0. The maximum Gasteiger partial charge on any atom is 0.285 e. The summed E-state index contributed by atoms with van der Waals surface area (Å²) in [7, 11) is -32.2. The van der Waals surface area contributed by atoms with Crippen LogP contribution in [0.5, 0.6) is 5.75 Å². The zero-order valence-corrected chi connectivity index (χ0v) is 74.7. The molecule has 11 N–H and O–H groups in total. The number of nitrogens with one attached hydrogen (secondary N) is 9. The first kappa shape index (κ1) is 102. The first-order valence-electron chi connectivity index (χ1n) is 40.4. The number of hydrogen-bond acceptors (Lipinski definition) is 23. The lowest BCUT2D eigenvalue weighted by molar-refractivity contribution is -0.153. The molecule has 0 spiro atoms. The average molecular weight is 1760 g/mol. The fourth-order valence-electron chi connectivity index (χ4n) is 13.8. The van der Waals surface area contributed by atoms with Crippen LogP contribution in [-0.2, 0) is 97.8 Å². The van der Waals surface area contributed by atoms with Gasteiger partial charge in [0, 0.05) is 119 Å². The molecule has 6 amide bonds. The maximum atomic E-state index is 16.0. The Morgan fingerprint density at radius 3 is 0.940 bits per heavy atom. The van der Waals surface area contributed by atoms with Gasteiger partial charge in [-0.2, -0.15) is 58.1 Å². The van der Waals surface area contributed by atoms with Crippen molar-refractivity contribution in [3.05, 3.63) is 72.9 Å². The normalized spacial score (nSPS) is 13.6. The van der Waals surface area contributed by atoms with Gasteiger partial charge in [0.2, 0.25) is 65.5 Å². The number of rotatable bonds is 61. The molecule has 0 aliphatic carbocycles. The smallest absolute Gasteiger partial charge is 0.285 e. The summed E-state index contributed by atoms with van der Waals surface area (Å²) in [5, 5.41) is 27.3. The van der Waals surface area contributed by atoms with E-state index in [2.05, 4.69) is 61.1 Å². The molecule has 33 nitrogen and oxygen atoms in total. The van der Waals surface area contributed by atoms with E-state index in [0.29, 0.717) is 109 Å². The van der Waals surface area contributed by atoms with Crippen molar-refractivity contribution in [1.29, 1.82) is 0 Å². The molecule has 3 atom stereocenters. The molecular formula is C78H127N11O22S6. The van der Waals surface area contributed by atoms with Crippen LogP contribution < -0.4 is 46.1 Å². The number of phenolic OH excluding ortho intramolecular Hbond substituents is 1. The second kappa shape index (κ2) is 47.4. The zero-order valence-electron chi connectivity index (χ0n) is 69.8. The first-order chi connectivity index (χ1) is 54.9. The van der Waals surface area contributed by atoms with Crippen LogP contribution in [0.4, 0.5) is 0 Å². The van der Waals surface area contributed by atoms with Crippen LogP contribution in [0.3, 0.4) is 0 Å². The zero-order chi connectivity index (χ0) is 87.9. The van der Waals surface area contributed by atoms with Crippen LogP contribution in [-0.4, -0.2) is 205 Å². The summed E-state index contributed by atoms with van der Waals surface area (Å²) in [5.74, 6) is -10.8. The van der Waals surface area contributed by atoms with Crippen molar-refractivity contribution >= 4 is 128 Å². The molecule has 0 aliphatic heterocycles. The molecule has 662 valence electrons. The van der Waals surface area contributed by atoms with Gasteiger partial charge in [-0.05, 0) is 104 Å². The molecule has 0 fully saturated rings. The highest BCUT2D eigenvalue weighted by atomic mass is 32.2. The average Bonchev–Trinajstić information content (AvgIpc) is 0.702. The van der Waals surface area contributed by atoms with Crippen LogP contribution in [0.15, 0.2) is 87.5 Å². The van der Waals surface area contributed by atoms with Gasteiger partial charge in [0.15, 0.2) is 0 Å². The van der Waals surface area contributed by atoms with E-state index in [-0.39, 0.29) is 93.7 Å². The summed E-state index contributed by atoms with van der Waals surface area (Å²) in [6.45, 7) is 29.9. The Hall–Kier alpha value is -6.86. The van der Waals surface area contributed by atoms with Crippen molar-refractivity contribution < 1.29 is 97.5 Å². The summed E-state index contributed by atoms with van der Waals surface area (Å²) in [6.07, 6.45) is 12.1. The number of carbonyl (C=O) groups is 6. The summed E-state index contributed by atoms with van der Waals surface area (Å²) in [4.78, 5) is 77.4. The Morgan fingerprint density at radius 1 is 0.385 bits per heavy atom. The SMILES string of the molecule is C=C(C)C(=O)NCCCNC(=O)C(CS(=O)(=O)ON(CCCC)C(CCC)(CCCC)CCCC)NS(=O)(=O)c1cc(O)c2ccc3c(S(=O)(=O)NC(CS(=O)(=O)O)C(=O)NCCCNC(=O)C(=C)C)cc(S(=O)(=O)NC(CS(=O)(=O)ON(CCCC)C(CCC)(CCCC)CCCC)C(=O)NCCCNC(=O)C(=C)C)c4ccc1c2c34. The molecule has 0 radical (unpaired) electrons. The molecular weight excluding hydrogens is 1640 g/mol. The van der Waals surface area contributed by atoms with Gasteiger partial charge < -0.3 is 37.0 Å². The summed E-state index contributed by atoms with van der Waals surface area (Å²) >= 11 is 0. The van der Waals surface area contributed by atoms with Crippen LogP contribution in [0.25, 0.3) is 32.3 Å². The predicted molar refractivity (Wildman–Crippen MR) is 453 cm³/mol. The quantitative estimate of drug-likeness (QED) is 0.00651. The Kier molecular flexibility index (Phi) is 41.5. The molecule has 0 aliphatic rings. The van der Waals surface area contributed by atoms with Crippen molar-refractivity contribution in [2.45, 2.75) is 268 Å². The van der Waals surface area contributed by atoms with E-state index in [9.17, 15) is 55.3 Å². The lowest BCUT2D eigenvalue weighted by atomic mass is 9.82. The van der Waals surface area contributed by atoms with Gasteiger partial charge in [-0.3, -0.25) is 33.3 Å². The number of aromatic hydroxyl groups is 1. The van der Waals surface area contributed by atoms with E-state index in [1.807, 2.05) is 60.1 Å². The van der Waals surface area contributed by atoms with Crippen LogP contribution >= 0.6 is 0 Å². The molecule has 4 aromatic rings. The highest BCUT2D eigenvalue weighted by Crippen LogP contribution is 2.46. The monoisotopic (exact) mass is 1760 g/mol. The number of unbranched alkanes of at least 4 members (excludes halogenated alkanes) is 6. The van der Waals surface area contributed by atoms with E-state index in [1.54, 1.807) is 0 Å². The number of hydroxylamine groups is 4. The third-order valence-corrected chi connectivity index (χ3v) is 27.5. The molecule has 0 saturated heterocycles. The van der Waals surface area contributed by atoms with Crippen molar-refractivity contribution in [3.63, 3.8) is 0 Å². The van der Waals surface area contributed by atoms with Gasteiger partial charge in [-0.1, -0.05) is 170 Å². The molecule has 4 rings (SSSR count). The van der Waals surface area contributed by atoms with Crippen LogP contribution in [0.1, 0.15) is 224 Å². The minimum atomic E-state index is -5.68. The first-order valence-corrected chi connectivity index (χ1v) is 49.6. The predicted octanol–water partition coefficient (Wildman–Crippen LogP) is 8.28. The van der Waals surface area contributed by atoms with Crippen molar-refractivity contribution in [3.8, 4) is 5.75 Å². The Bertz CT molecular complexity index is 4780. The maximum absolute atomic E-state index is 16.0. The molecule has 0 saturated carbocycles. The number of nitrogens with zero attached hydrogens (tertiary/aromatic N) is 2. The lowest BCUT2D eigenvalue weighted by Gasteiger charge is -2.43. The highest BCUT2D eigenvalue weighted by Gasteiger charge is 2.44. The van der Waals surface area contributed by atoms with E-state index in [1.165, 1.54) is 30.9 Å². The standard InChI is InChI=1S/C78H127N11O22S6/c1-15-23-38-77(36-21-7,39-24-16-2)88(48-27-19-5)110-113(100,101)53-63(75(95)83-46-30-43-80-72(92)56(11)12)86-115(104,105)66-50-65(90)58-32-33-60-67(116(106,107)85-62(52-112(97,98)99)74(94)82-45-29-42-79-71(91)55(9)10)51-68(61-35-34-59(66)69(58)70(60)61)117(108,109)87-64(76(96)84-47-31-44-81-73(93)57(13)14)54-114(102,103)111-89(49-28-20-6)78(37-22-8,40-25-17-3)41-26-18-4/h32-35,50-51,62-64,85-87,90H,9,11,13,15-31,36-49,52-54H2,1-8,10,12,14H3,(H,79,91)(H,80,92)(H,81,93)(H,82,94)(H,83,95)(H,84,96)(H,97,98,99). The number of benzene rings is 4. The van der Waals surface area contributed by atoms with Gasteiger partial charge in [0.25, 0.3) is 30.4 Å². The number of hydrogen-bond donors (Lipinski definition) is 11. The number of phenols is 1.